The molecule has 0 unspecified atom stereocenters. The maximum absolute atomic E-state index is 12.5. The number of hydrogen-bond acceptors (Lipinski definition) is 4. The number of allylic oxidation sites excluding steroid dienone is 1. The fourth-order valence-corrected chi connectivity index (χ4v) is 1.97. The van der Waals surface area contributed by atoms with Crippen LogP contribution in [0.15, 0.2) is 46.6 Å². The van der Waals surface area contributed by atoms with E-state index in [0.717, 1.165) is 6.42 Å². The largest absolute Gasteiger partial charge is 0.465 e. The van der Waals surface area contributed by atoms with Gasteiger partial charge in [-0.25, -0.2) is 4.79 Å². The molecule has 4 heteroatoms. The zero-order valence-electron chi connectivity index (χ0n) is 11.5. The first-order valence-corrected chi connectivity index (χ1v) is 6.48. The number of fused-ring (bicyclic) bond motifs is 1. The third-order valence-corrected chi connectivity index (χ3v) is 3.01. The van der Waals surface area contributed by atoms with Gasteiger partial charge in [-0.2, -0.15) is 0 Å². The third kappa shape index (κ3) is 2.64. The molecule has 2 aromatic rings. The highest BCUT2D eigenvalue weighted by atomic mass is 16.5. The molecule has 0 fully saturated rings. The van der Waals surface area contributed by atoms with E-state index >= 15 is 0 Å². The van der Waals surface area contributed by atoms with Crippen LogP contribution in [-0.4, -0.2) is 18.9 Å². The smallest absolute Gasteiger partial charge is 0.341 e. The summed E-state index contributed by atoms with van der Waals surface area (Å²) in [4.78, 5) is 24.2. The van der Waals surface area contributed by atoms with Gasteiger partial charge in [0.05, 0.1) is 12.7 Å². The van der Waals surface area contributed by atoms with Crippen molar-refractivity contribution in [2.45, 2.75) is 19.8 Å². The lowest BCUT2D eigenvalue weighted by Crippen LogP contribution is -2.14. The molecule has 104 valence electrons. The van der Waals surface area contributed by atoms with Gasteiger partial charge in [-0.3, -0.25) is 4.79 Å². The van der Waals surface area contributed by atoms with Crippen LogP contribution in [0.4, 0.5) is 0 Å². The van der Waals surface area contributed by atoms with Gasteiger partial charge in [0.15, 0.2) is 0 Å². The molecule has 2 rings (SSSR count). The van der Waals surface area contributed by atoms with E-state index in [9.17, 15) is 9.59 Å². The first-order valence-electron chi connectivity index (χ1n) is 6.48. The van der Waals surface area contributed by atoms with Gasteiger partial charge in [-0.1, -0.05) is 37.6 Å². The molecular weight excluding hydrogens is 256 g/mol. The number of esters is 1. The SMILES string of the molecule is CCC/C=C(\C(=O)OC)C(=O)c1coc2ccccc12. The summed E-state index contributed by atoms with van der Waals surface area (Å²) in [7, 11) is 1.27. The molecule has 1 aromatic heterocycles. The molecule has 0 N–H and O–H groups in total. The number of ether oxygens (including phenoxy) is 1. The summed E-state index contributed by atoms with van der Waals surface area (Å²) in [6.45, 7) is 1.98. The van der Waals surface area contributed by atoms with Crippen molar-refractivity contribution in [3.63, 3.8) is 0 Å². The number of ketones is 1. The summed E-state index contributed by atoms with van der Waals surface area (Å²) in [5.74, 6) is -0.982. The number of Topliss-reactive ketones (excluding diaryl/α,β-unsaturated/α-hetero) is 1. The molecule has 0 bridgehead atoms. The van der Waals surface area contributed by atoms with Crippen LogP contribution in [0.5, 0.6) is 0 Å². The van der Waals surface area contributed by atoms with Crippen molar-refractivity contribution in [1.29, 1.82) is 0 Å². The number of rotatable bonds is 5. The van der Waals surface area contributed by atoms with Crippen LogP contribution in [0.3, 0.4) is 0 Å². The quantitative estimate of drug-likeness (QED) is 0.275. The Bertz CT molecular complexity index is 664. The standard InChI is InChI=1S/C16H16O4/c1-3-4-7-12(16(18)19-2)15(17)13-10-20-14-9-6-5-8-11(13)14/h5-10H,3-4H2,1-2H3/b12-7-. The molecule has 4 nitrogen and oxygen atoms in total. The molecule has 0 aliphatic carbocycles. The summed E-state index contributed by atoms with van der Waals surface area (Å²) in [5, 5.41) is 0.698. The Morgan fingerprint density at radius 3 is 2.75 bits per heavy atom. The van der Waals surface area contributed by atoms with Crippen molar-refractivity contribution < 1.29 is 18.7 Å². The highest BCUT2D eigenvalue weighted by Crippen LogP contribution is 2.23. The van der Waals surface area contributed by atoms with E-state index in [2.05, 4.69) is 4.74 Å². The fraction of sp³-hybridized carbons (Fsp3) is 0.250. The van der Waals surface area contributed by atoms with Gasteiger partial charge in [0, 0.05) is 5.39 Å². The Balaban J connectivity index is 2.44. The molecule has 0 radical (unpaired) electrons. The normalized spacial score (nSPS) is 11.6. The fourth-order valence-electron chi connectivity index (χ4n) is 1.97. The molecule has 0 saturated carbocycles. The van der Waals surface area contributed by atoms with Crippen molar-refractivity contribution in [1.82, 2.24) is 0 Å². The van der Waals surface area contributed by atoms with Crippen molar-refractivity contribution >= 4 is 22.7 Å². The zero-order valence-corrected chi connectivity index (χ0v) is 11.5. The third-order valence-electron chi connectivity index (χ3n) is 3.01. The van der Waals surface area contributed by atoms with Crippen LogP contribution < -0.4 is 0 Å². The van der Waals surface area contributed by atoms with Crippen molar-refractivity contribution in [2.75, 3.05) is 7.11 Å². The second kappa shape index (κ2) is 6.19. The molecule has 0 amide bonds. The number of benzene rings is 1. The van der Waals surface area contributed by atoms with E-state index < -0.39 is 5.97 Å². The van der Waals surface area contributed by atoms with Gasteiger partial charge in [0.25, 0.3) is 0 Å². The lowest BCUT2D eigenvalue weighted by atomic mass is 10.0. The Morgan fingerprint density at radius 1 is 1.30 bits per heavy atom. The average Bonchev–Trinajstić information content (AvgIpc) is 2.91. The lowest BCUT2D eigenvalue weighted by molar-refractivity contribution is -0.135. The van der Waals surface area contributed by atoms with Gasteiger partial charge in [-0.15, -0.1) is 0 Å². The van der Waals surface area contributed by atoms with Gasteiger partial charge < -0.3 is 9.15 Å². The Morgan fingerprint density at radius 2 is 2.05 bits per heavy atom. The van der Waals surface area contributed by atoms with Crippen LogP contribution >= 0.6 is 0 Å². The monoisotopic (exact) mass is 272 g/mol. The molecule has 20 heavy (non-hydrogen) atoms. The second-order valence-electron chi connectivity index (χ2n) is 4.37. The Hall–Kier alpha value is -2.36. The van der Waals surface area contributed by atoms with Crippen LogP contribution in [0.2, 0.25) is 0 Å². The van der Waals surface area contributed by atoms with E-state index in [-0.39, 0.29) is 11.4 Å². The van der Waals surface area contributed by atoms with E-state index in [1.807, 2.05) is 19.1 Å². The van der Waals surface area contributed by atoms with E-state index in [1.165, 1.54) is 13.4 Å². The molecule has 0 spiro atoms. The minimum absolute atomic E-state index is 0.0564. The number of carbonyl (C=O) groups is 2. The average molecular weight is 272 g/mol. The minimum Gasteiger partial charge on any atom is -0.465 e. The summed E-state index contributed by atoms with van der Waals surface area (Å²) < 4.78 is 10.0. The van der Waals surface area contributed by atoms with Gasteiger partial charge in [-0.05, 0) is 12.5 Å². The molecule has 1 heterocycles. The molecule has 0 aliphatic heterocycles. The molecule has 0 aliphatic rings. The van der Waals surface area contributed by atoms with Crippen molar-refractivity contribution in [3.05, 3.63) is 47.7 Å². The number of carbonyl (C=O) groups excluding carboxylic acids is 2. The highest BCUT2D eigenvalue weighted by Gasteiger charge is 2.23. The molecule has 1 aromatic carbocycles. The summed E-state index contributed by atoms with van der Waals surface area (Å²) in [6.07, 6.45) is 4.50. The maximum atomic E-state index is 12.5. The first-order chi connectivity index (χ1) is 9.69. The minimum atomic E-state index is -0.617. The Labute approximate surface area is 117 Å². The van der Waals surface area contributed by atoms with Crippen LogP contribution in [0.1, 0.15) is 30.1 Å². The van der Waals surface area contributed by atoms with E-state index in [1.54, 1.807) is 18.2 Å². The number of unbranched alkanes of at least 4 members (excludes halogenated alkanes) is 1. The number of methoxy groups -OCH3 is 1. The van der Waals surface area contributed by atoms with E-state index in [0.29, 0.717) is 23.0 Å². The summed E-state index contributed by atoms with van der Waals surface area (Å²) >= 11 is 0. The topological polar surface area (TPSA) is 56.5 Å². The summed E-state index contributed by atoms with van der Waals surface area (Å²) in [6, 6.07) is 7.22. The first kappa shape index (κ1) is 14.1. The van der Waals surface area contributed by atoms with Crippen LogP contribution in [-0.2, 0) is 9.53 Å². The molecule has 0 atom stereocenters. The van der Waals surface area contributed by atoms with Gasteiger partial charge in [0.1, 0.15) is 17.4 Å². The number of furan rings is 1. The molecule has 0 saturated heterocycles. The van der Waals surface area contributed by atoms with Gasteiger partial charge in [0.2, 0.25) is 5.78 Å². The summed E-state index contributed by atoms with van der Waals surface area (Å²) in [5.41, 5.74) is 1.06. The van der Waals surface area contributed by atoms with Gasteiger partial charge >= 0.3 is 5.97 Å². The number of para-hydroxylation sites is 1. The predicted octanol–water partition coefficient (Wildman–Crippen LogP) is 3.52. The van der Waals surface area contributed by atoms with Crippen molar-refractivity contribution in [3.8, 4) is 0 Å². The number of hydrogen-bond donors (Lipinski definition) is 0. The zero-order chi connectivity index (χ0) is 14.5. The second-order valence-corrected chi connectivity index (χ2v) is 4.37. The Kier molecular flexibility index (Phi) is 4.35. The van der Waals surface area contributed by atoms with Crippen molar-refractivity contribution in [2.24, 2.45) is 0 Å². The maximum Gasteiger partial charge on any atom is 0.341 e. The highest BCUT2D eigenvalue weighted by molar-refractivity contribution is 6.27. The van der Waals surface area contributed by atoms with Crippen LogP contribution in [0.25, 0.3) is 11.0 Å². The van der Waals surface area contributed by atoms with E-state index in [4.69, 9.17) is 4.42 Å². The lowest BCUT2D eigenvalue weighted by Gasteiger charge is -2.03. The molecular formula is C16H16O4. The van der Waals surface area contributed by atoms with Crippen LogP contribution in [0, 0.1) is 0 Å². The predicted molar refractivity (Wildman–Crippen MR) is 75.6 cm³/mol.